The molecule has 0 spiro atoms. The number of amides is 3. The highest BCUT2D eigenvalue weighted by molar-refractivity contribution is 5.96. The molecule has 1 N–H and O–H groups in total. The Morgan fingerprint density at radius 1 is 0.957 bits per heavy atom. The summed E-state index contributed by atoms with van der Waals surface area (Å²) in [4.78, 5) is 39.6. The van der Waals surface area contributed by atoms with E-state index in [4.69, 9.17) is 0 Å². The molecular formula is C17H21N3O3. The van der Waals surface area contributed by atoms with Crippen LogP contribution in [0.4, 0.5) is 0 Å². The predicted octanol–water partition coefficient (Wildman–Crippen LogP) is 0.497. The number of nitrogens with zero attached hydrogens (tertiary/aromatic N) is 2. The second-order valence-electron chi connectivity index (χ2n) is 6.03. The molecule has 0 radical (unpaired) electrons. The van der Waals surface area contributed by atoms with Crippen molar-refractivity contribution in [2.45, 2.75) is 12.8 Å². The van der Waals surface area contributed by atoms with Crippen molar-refractivity contribution in [3.63, 3.8) is 0 Å². The third-order valence-electron chi connectivity index (χ3n) is 4.31. The van der Waals surface area contributed by atoms with Crippen molar-refractivity contribution in [2.24, 2.45) is 5.92 Å². The van der Waals surface area contributed by atoms with E-state index in [-0.39, 0.29) is 30.2 Å². The van der Waals surface area contributed by atoms with E-state index in [0.717, 1.165) is 12.8 Å². The summed E-state index contributed by atoms with van der Waals surface area (Å²) < 4.78 is 0. The molecule has 2 fully saturated rings. The van der Waals surface area contributed by atoms with Gasteiger partial charge in [-0.15, -0.1) is 0 Å². The first kappa shape index (κ1) is 15.5. The molecule has 2 aliphatic rings. The lowest BCUT2D eigenvalue weighted by molar-refractivity contribution is -0.139. The summed E-state index contributed by atoms with van der Waals surface area (Å²) in [6.45, 7) is 2.25. The maximum Gasteiger partial charge on any atom is 0.251 e. The Kier molecular flexibility index (Phi) is 4.60. The molecule has 1 saturated carbocycles. The summed E-state index contributed by atoms with van der Waals surface area (Å²) in [5, 5.41) is 2.65. The minimum absolute atomic E-state index is 0.00962. The van der Waals surface area contributed by atoms with Crippen LogP contribution in [0.1, 0.15) is 23.2 Å². The van der Waals surface area contributed by atoms with Crippen LogP contribution in [0.5, 0.6) is 0 Å². The van der Waals surface area contributed by atoms with Gasteiger partial charge in [0.2, 0.25) is 11.8 Å². The quantitative estimate of drug-likeness (QED) is 0.879. The Hall–Kier alpha value is -2.37. The fourth-order valence-electron chi connectivity index (χ4n) is 2.72. The number of carbonyl (C=O) groups excluding carboxylic acids is 3. The molecule has 1 saturated heterocycles. The largest absolute Gasteiger partial charge is 0.343 e. The molecule has 23 heavy (non-hydrogen) atoms. The highest BCUT2D eigenvalue weighted by Crippen LogP contribution is 2.31. The van der Waals surface area contributed by atoms with Crippen LogP contribution in [0.3, 0.4) is 0 Å². The van der Waals surface area contributed by atoms with Gasteiger partial charge in [0.05, 0.1) is 6.54 Å². The van der Waals surface area contributed by atoms with Crippen molar-refractivity contribution in [1.29, 1.82) is 0 Å². The summed E-state index contributed by atoms with van der Waals surface area (Å²) in [5.74, 6) is 0.103. The molecule has 0 unspecified atom stereocenters. The number of piperazine rings is 1. The second kappa shape index (κ2) is 6.81. The van der Waals surface area contributed by atoms with Crippen molar-refractivity contribution in [3.05, 3.63) is 35.9 Å². The molecule has 6 heteroatoms. The number of benzene rings is 1. The molecule has 122 valence electrons. The normalized spacial score (nSPS) is 17.7. The van der Waals surface area contributed by atoms with Crippen LogP contribution in [0, 0.1) is 5.92 Å². The van der Waals surface area contributed by atoms with E-state index in [9.17, 15) is 14.4 Å². The predicted molar refractivity (Wildman–Crippen MR) is 84.7 cm³/mol. The highest BCUT2D eigenvalue weighted by Gasteiger charge is 2.35. The van der Waals surface area contributed by atoms with Crippen LogP contribution in [0.2, 0.25) is 0 Å². The van der Waals surface area contributed by atoms with Gasteiger partial charge >= 0.3 is 0 Å². The molecule has 6 nitrogen and oxygen atoms in total. The van der Waals surface area contributed by atoms with E-state index in [1.54, 1.807) is 29.2 Å². The Morgan fingerprint density at radius 2 is 1.57 bits per heavy atom. The maximum absolute atomic E-state index is 12.2. The molecule has 1 aromatic carbocycles. The van der Waals surface area contributed by atoms with Crippen LogP contribution in [-0.2, 0) is 9.59 Å². The van der Waals surface area contributed by atoms with Crippen molar-refractivity contribution < 1.29 is 14.4 Å². The molecule has 0 atom stereocenters. The van der Waals surface area contributed by atoms with Crippen LogP contribution < -0.4 is 5.32 Å². The summed E-state index contributed by atoms with van der Waals surface area (Å²) in [5.41, 5.74) is 0.542. The first-order valence-electron chi connectivity index (χ1n) is 8.05. The van der Waals surface area contributed by atoms with Crippen LogP contribution in [-0.4, -0.2) is 60.2 Å². The smallest absolute Gasteiger partial charge is 0.251 e. The van der Waals surface area contributed by atoms with Gasteiger partial charge < -0.3 is 15.1 Å². The van der Waals surface area contributed by atoms with E-state index in [0.29, 0.717) is 31.7 Å². The first-order chi connectivity index (χ1) is 11.1. The van der Waals surface area contributed by atoms with Gasteiger partial charge in [0.15, 0.2) is 0 Å². The van der Waals surface area contributed by atoms with E-state index in [2.05, 4.69) is 5.32 Å². The van der Waals surface area contributed by atoms with Gasteiger partial charge in [-0.1, -0.05) is 18.2 Å². The van der Waals surface area contributed by atoms with Gasteiger partial charge in [0.25, 0.3) is 5.91 Å². The number of hydrogen-bond acceptors (Lipinski definition) is 3. The van der Waals surface area contributed by atoms with Crippen LogP contribution in [0.25, 0.3) is 0 Å². The minimum Gasteiger partial charge on any atom is -0.343 e. The fraction of sp³-hybridized carbons (Fsp3) is 0.471. The number of carbonyl (C=O) groups is 3. The van der Waals surface area contributed by atoms with Crippen LogP contribution >= 0.6 is 0 Å². The zero-order valence-corrected chi connectivity index (χ0v) is 13.0. The van der Waals surface area contributed by atoms with Gasteiger partial charge in [-0.2, -0.15) is 0 Å². The summed E-state index contributed by atoms with van der Waals surface area (Å²) >= 11 is 0. The second-order valence-corrected chi connectivity index (χ2v) is 6.03. The zero-order chi connectivity index (χ0) is 16.2. The monoisotopic (exact) mass is 315 g/mol. The zero-order valence-electron chi connectivity index (χ0n) is 13.0. The molecular weight excluding hydrogens is 294 g/mol. The summed E-state index contributed by atoms with van der Waals surface area (Å²) in [6, 6.07) is 8.83. The summed E-state index contributed by atoms with van der Waals surface area (Å²) in [7, 11) is 0. The lowest BCUT2D eigenvalue weighted by Gasteiger charge is -2.35. The van der Waals surface area contributed by atoms with Crippen LogP contribution in [0.15, 0.2) is 30.3 Å². The van der Waals surface area contributed by atoms with Crippen molar-refractivity contribution in [2.75, 3.05) is 32.7 Å². The lowest BCUT2D eigenvalue weighted by atomic mass is 10.2. The molecule has 3 amide bonds. The van der Waals surface area contributed by atoms with E-state index in [1.807, 2.05) is 11.0 Å². The highest BCUT2D eigenvalue weighted by atomic mass is 16.2. The van der Waals surface area contributed by atoms with Gasteiger partial charge in [0.1, 0.15) is 0 Å². The minimum atomic E-state index is -0.249. The van der Waals surface area contributed by atoms with E-state index < -0.39 is 0 Å². The average molecular weight is 315 g/mol. The molecule has 1 aliphatic carbocycles. The van der Waals surface area contributed by atoms with E-state index >= 15 is 0 Å². The Bertz CT molecular complexity index is 590. The molecule has 0 bridgehead atoms. The Balaban J connectivity index is 1.42. The third kappa shape index (κ3) is 3.88. The topological polar surface area (TPSA) is 69.7 Å². The molecule has 1 heterocycles. The van der Waals surface area contributed by atoms with Gasteiger partial charge in [0, 0.05) is 37.7 Å². The Morgan fingerprint density at radius 3 is 2.17 bits per heavy atom. The molecule has 1 aromatic rings. The number of hydrogen-bond donors (Lipinski definition) is 1. The molecule has 0 aromatic heterocycles. The van der Waals surface area contributed by atoms with Crippen molar-refractivity contribution in [1.82, 2.24) is 15.1 Å². The van der Waals surface area contributed by atoms with Gasteiger partial charge in [-0.3, -0.25) is 14.4 Å². The third-order valence-corrected chi connectivity index (χ3v) is 4.31. The molecule has 1 aliphatic heterocycles. The SMILES string of the molecule is O=C(NCC(=O)N1CCN(C(=O)C2CC2)CC1)c1ccccc1. The first-order valence-corrected chi connectivity index (χ1v) is 8.05. The fourth-order valence-corrected chi connectivity index (χ4v) is 2.72. The lowest BCUT2D eigenvalue weighted by Crippen LogP contribution is -2.52. The van der Waals surface area contributed by atoms with Gasteiger partial charge in [-0.25, -0.2) is 0 Å². The standard InChI is InChI=1S/C17H21N3O3/c21-15(12-18-16(22)13-4-2-1-3-5-13)19-8-10-20(11-9-19)17(23)14-6-7-14/h1-5,14H,6-12H2,(H,18,22). The van der Waals surface area contributed by atoms with Gasteiger partial charge in [-0.05, 0) is 25.0 Å². The summed E-state index contributed by atoms with van der Waals surface area (Å²) in [6.07, 6.45) is 2.01. The average Bonchev–Trinajstić information content (AvgIpc) is 3.44. The molecule has 3 rings (SSSR count). The maximum atomic E-state index is 12.2. The number of rotatable bonds is 4. The van der Waals surface area contributed by atoms with Crippen molar-refractivity contribution >= 4 is 17.7 Å². The number of nitrogens with one attached hydrogen (secondary N) is 1. The van der Waals surface area contributed by atoms with E-state index in [1.165, 1.54) is 0 Å². The Labute approximate surface area is 135 Å². The van der Waals surface area contributed by atoms with Crippen molar-refractivity contribution in [3.8, 4) is 0 Å².